The number of carbonyl (C=O) groups is 1. The van der Waals surface area contributed by atoms with E-state index in [4.69, 9.17) is 16.3 Å². The van der Waals surface area contributed by atoms with E-state index in [0.29, 0.717) is 17.3 Å². The molecule has 4 rings (SSSR count). The van der Waals surface area contributed by atoms with Crippen LogP contribution in [-0.2, 0) is 4.79 Å². The molecular weight excluding hydrogens is 338 g/mol. The predicted molar refractivity (Wildman–Crippen MR) is 98.8 cm³/mol. The highest BCUT2D eigenvalue weighted by Gasteiger charge is 2.10. The van der Waals surface area contributed by atoms with Crippen LogP contribution >= 0.6 is 11.6 Å². The number of halogens is 1. The summed E-state index contributed by atoms with van der Waals surface area (Å²) < 4.78 is 5.67. The number of para-hydroxylation sites is 1. The van der Waals surface area contributed by atoms with Gasteiger partial charge in [0, 0.05) is 22.0 Å². The lowest BCUT2D eigenvalue weighted by Crippen LogP contribution is -2.10. The normalized spacial score (nSPS) is 13.4. The van der Waals surface area contributed by atoms with Gasteiger partial charge in [0.25, 0.3) is 0 Å². The minimum Gasteiger partial charge on any atom is -0.488 e. The van der Waals surface area contributed by atoms with Gasteiger partial charge in [-0.3, -0.25) is 9.89 Å². The molecule has 0 aliphatic carbocycles. The molecule has 2 heterocycles. The first-order valence-electron chi connectivity index (χ1n) is 7.73. The van der Waals surface area contributed by atoms with E-state index in [1.807, 2.05) is 36.4 Å². The lowest BCUT2D eigenvalue weighted by molar-refractivity contribution is -0.111. The number of fused-ring (bicyclic) bond motifs is 2. The summed E-state index contributed by atoms with van der Waals surface area (Å²) >= 11 is 6.01. The van der Waals surface area contributed by atoms with Gasteiger partial charge in [-0.1, -0.05) is 29.8 Å². The number of amides is 1. The van der Waals surface area contributed by atoms with E-state index in [9.17, 15) is 4.79 Å². The van der Waals surface area contributed by atoms with Crippen molar-refractivity contribution in [3.8, 4) is 5.75 Å². The summed E-state index contributed by atoms with van der Waals surface area (Å²) in [6.07, 6.45) is 6.91. The number of aromatic amines is 1. The number of rotatable bonds is 3. The van der Waals surface area contributed by atoms with Gasteiger partial charge in [-0.15, -0.1) is 0 Å². The number of nitrogens with one attached hydrogen (secondary N) is 2. The molecule has 6 heteroatoms. The van der Waals surface area contributed by atoms with Gasteiger partial charge in [0.05, 0.1) is 17.4 Å². The number of hydrogen-bond acceptors (Lipinski definition) is 3. The van der Waals surface area contributed by atoms with Gasteiger partial charge < -0.3 is 10.1 Å². The number of anilines is 1. The Balaban J connectivity index is 1.50. The van der Waals surface area contributed by atoms with Gasteiger partial charge >= 0.3 is 0 Å². The smallest absolute Gasteiger partial charge is 0.248 e. The highest BCUT2D eigenvalue weighted by atomic mass is 35.5. The van der Waals surface area contributed by atoms with Crippen LogP contribution in [0.4, 0.5) is 5.69 Å². The van der Waals surface area contributed by atoms with Crippen molar-refractivity contribution in [3.05, 3.63) is 70.9 Å². The van der Waals surface area contributed by atoms with Gasteiger partial charge in [0.15, 0.2) is 0 Å². The molecule has 0 bridgehead atoms. The van der Waals surface area contributed by atoms with Crippen LogP contribution in [0.1, 0.15) is 5.56 Å². The van der Waals surface area contributed by atoms with Crippen molar-refractivity contribution in [2.45, 2.75) is 0 Å². The molecule has 2 N–H and O–H groups in total. The molecule has 0 fully saturated rings. The number of hydrogen-bond donors (Lipinski definition) is 2. The molecular formula is C19H14ClN3O2. The fourth-order valence-electron chi connectivity index (χ4n) is 2.69. The van der Waals surface area contributed by atoms with E-state index < -0.39 is 0 Å². The van der Waals surface area contributed by atoms with E-state index in [0.717, 1.165) is 27.8 Å². The Bertz CT molecular complexity index is 1020. The predicted octanol–water partition coefficient (Wildman–Crippen LogP) is 4.19. The second kappa shape index (κ2) is 6.45. The van der Waals surface area contributed by atoms with Crippen LogP contribution < -0.4 is 10.1 Å². The maximum atomic E-state index is 12.2. The molecule has 0 unspecified atom stereocenters. The average Bonchev–Trinajstić information content (AvgIpc) is 3.09. The molecule has 1 aliphatic rings. The third-order valence-electron chi connectivity index (χ3n) is 3.89. The topological polar surface area (TPSA) is 67.0 Å². The van der Waals surface area contributed by atoms with Crippen LogP contribution in [0.2, 0.25) is 5.02 Å². The number of aromatic nitrogens is 2. The SMILES string of the molecule is O=C(/C=C/C1=Cc2cc(Cl)ccc2OC1)Nc1cccc2cn[nH]c12. The lowest BCUT2D eigenvalue weighted by atomic mass is 10.1. The van der Waals surface area contributed by atoms with Gasteiger partial charge in [0.2, 0.25) is 5.91 Å². The number of carbonyl (C=O) groups excluding carboxylic acids is 1. The van der Waals surface area contributed by atoms with E-state index in [2.05, 4.69) is 15.5 Å². The van der Waals surface area contributed by atoms with Crippen molar-refractivity contribution >= 4 is 40.2 Å². The second-order valence-corrected chi connectivity index (χ2v) is 6.09. The molecule has 0 atom stereocenters. The van der Waals surface area contributed by atoms with Crippen LogP contribution in [-0.4, -0.2) is 22.7 Å². The summed E-state index contributed by atoms with van der Waals surface area (Å²) in [4.78, 5) is 12.2. The summed E-state index contributed by atoms with van der Waals surface area (Å²) in [7, 11) is 0. The van der Waals surface area contributed by atoms with Crippen LogP contribution in [0.15, 0.2) is 60.3 Å². The Morgan fingerprint density at radius 2 is 2.24 bits per heavy atom. The Morgan fingerprint density at radius 1 is 1.32 bits per heavy atom. The molecule has 124 valence electrons. The molecule has 3 aromatic rings. The summed E-state index contributed by atoms with van der Waals surface area (Å²) in [6, 6.07) is 11.1. The fraction of sp³-hybridized carbons (Fsp3) is 0.0526. The first kappa shape index (κ1) is 15.5. The van der Waals surface area contributed by atoms with Crippen molar-refractivity contribution < 1.29 is 9.53 Å². The molecule has 1 aromatic heterocycles. The molecule has 2 aromatic carbocycles. The second-order valence-electron chi connectivity index (χ2n) is 5.65. The summed E-state index contributed by atoms with van der Waals surface area (Å²) in [5, 5.41) is 11.3. The number of ether oxygens (including phenoxy) is 1. The quantitative estimate of drug-likeness (QED) is 0.695. The van der Waals surface area contributed by atoms with E-state index in [1.165, 1.54) is 6.08 Å². The molecule has 5 nitrogen and oxygen atoms in total. The maximum absolute atomic E-state index is 12.2. The van der Waals surface area contributed by atoms with Crippen molar-refractivity contribution in [1.82, 2.24) is 10.2 Å². The van der Waals surface area contributed by atoms with Crippen molar-refractivity contribution in [1.29, 1.82) is 0 Å². The third-order valence-corrected chi connectivity index (χ3v) is 4.13. The maximum Gasteiger partial charge on any atom is 0.248 e. The van der Waals surface area contributed by atoms with Gasteiger partial charge in [0.1, 0.15) is 12.4 Å². The van der Waals surface area contributed by atoms with Crippen LogP contribution in [0, 0.1) is 0 Å². The Hall–Kier alpha value is -3.05. The largest absolute Gasteiger partial charge is 0.488 e. The molecule has 0 spiro atoms. The van der Waals surface area contributed by atoms with Crippen LogP contribution in [0.5, 0.6) is 5.75 Å². The Morgan fingerprint density at radius 3 is 3.16 bits per heavy atom. The zero-order chi connectivity index (χ0) is 17.2. The number of benzene rings is 2. The minimum absolute atomic E-state index is 0.222. The highest BCUT2D eigenvalue weighted by Crippen LogP contribution is 2.29. The Labute approximate surface area is 149 Å². The Kier molecular flexibility index (Phi) is 3.99. The summed E-state index contributed by atoms with van der Waals surface area (Å²) in [6.45, 7) is 0.411. The molecule has 1 amide bonds. The fourth-order valence-corrected chi connectivity index (χ4v) is 2.87. The summed E-state index contributed by atoms with van der Waals surface area (Å²) in [5.74, 6) is 0.566. The van der Waals surface area contributed by atoms with Crippen LogP contribution in [0.25, 0.3) is 17.0 Å². The minimum atomic E-state index is -0.222. The monoisotopic (exact) mass is 351 g/mol. The number of nitrogens with zero attached hydrogens (tertiary/aromatic N) is 1. The highest BCUT2D eigenvalue weighted by molar-refractivity contribution is 6.30. The standard InChI is InChI=1S/C19H14ClN3O2/c20-15-5-6-17-14(9-15)8-12(11-25-17)4-7-18(24)22-16-3-1-2-13-10-21-23-19(13)16/h1-10H,11H2,(H,21,23)(H,22,24)/b7-4+. The van der Waals surface area contributed by atoms with Crippen LogP contribution in [0.3, 0.4) is 0 Å². The molecule has 25 heavy (non-hydrogen) atoms. The zero-order valence-corrected chi connectivity index (χ0v) is 13.9. The average molecular weight is 352 g/mol. The van der Waals surface area contributed by atoms with Crippen molar-refractivity contribution in [3.63, 3.8) is 0 Å². The van der Waals surface area contributed by atoms with Crippen molar-refractivity contribution in [2.24, 2.45) is 0 Å². The molecule has 1 aliphatic heterocycles. The van der Waals surface area contributed by atoms with Crippen molar-refractivity contribution in [2.75, 3.05) is 11.9 Å². The van der Waals surface area contributed by atoms with Gasteiger partial charge in [-0.25, -0.2) is 0 Å². The van der Waals surface area contributed by atoms with Gasteiger partial charge in [-0.05, 0) is 35.9 Å². The van der Waals surface area contributed by atoms with E-state index in [1.54, 1.807) is 18.3 Å². The van der Waals surface area contributed by atoms with Gasteiger partial charge in [-0.2, -0.15) is 5.10 Å². The summed E-state index contributed by atoms with van der Waals surface area (Å²) in [5.41, 5.74) is 3.29. The van der Waals surface area contributed by atoms with E-state index in [-0.39, 0.29) is 5.91 Å². The third kappa shape index (κ3) is 3.27. The molecule has 0 radical (unpaired) electrons. The zero-order valence-electron chi connectivity index (χ0n) is 13.1. The first-order chi connectivity index (χ1) is 12.2. The number of H-pyrrole nitrogens is 1. The van der Waals surface area contributed by atoms with E-state index >= 15 is 0 Å². The first-order valence-corrected chi connectivity index (χ1v) is 8.11. The molecule has 0 saturated heterocycles. The molecule has 0 saturated carbocycles. The lowest BCUT2D eigenvalue weighted by Gasteiger charge is -2.16.